The molecule has 0 spiro atoms. The number of anilines is 2. The van der Waals surface area contributed by atoms with E-state index < -0.39 is 0 Å². The summed E-state index contributed by atoms with van der Waals surface area (Å²) in [5, 5.41) is 5.60. The molecule has 2 amide bonds. The summed E-state index contributed by atoms with van der Waals surface area (Å²) in [5.41, 5.74) is 5.05. The molecule has 0 heterocycles. The molecule has 7 nitrogen and oxygen atoms in total. The van der Waals surface area contributed by atoms with Gasteiger partial charge in [0.25, 0.3) is 0 Å². The monoisotopic (exact) mass is 636 g/mol. The Morgan fingerprint density at radius 3 is 1.35 bits per heavy atom. The van der Waals surface area contributed by atoms with Crippen molar-refractivity contribution in [3.63, 3.8) is 0 Å². The van der Waals surface area contributed by atoms with Crippen molar-refractivity contribution in [2.45, 2.75) is 52.4 Å². The predicted octanol–water partition coefficient (Wildman–Crippen LogP) is 7.96. The van der Waals surface area contributed by atoms with Gasteiger partial charge in [-0.2, -0.15) is 0 Å². The van der Waals surface area contributed by atoms with Crippen LogP contribution in [0, 0.1) is 0 Å². The lowest BCUT2D eigenvalue weighted by Crippen LogP contribution is -2.12. The van der Waals surface area contributed by atoms with Crippen molar-refractivity contribution >= 4 is 51.6 Å². The molecule has 0 aliphatic heterocycles. The van der Waals surface area contributed by atoms with Crippen LogP contribution in [0.2, 0.25) is 0 Å². The average Bonchev–Trinajstić information content (AvgIpc) is 3.05. The summed E-state index contributed by atoms with van der Waals surface area (Å²) in [4.78, 5) is 57.8. The van der Waals surface area contributed by atoms with Crippen LogP contribution in [0.4, 0.5) is 11.4 Å². The molecule has 8 heteroatoms. The van der Waals surface area contributed by atoms with Crippen LogP contribution in [0.3, 0.4) is 0 Å². The molecule has 2 N–H and O–H groups in total. The van der Waals surface area contributed by atoms with Gasteiger partial charge in [-0.05, 0) is 92.3 Å². The van der Waals surface area contributed by atoms with E-state index in [-0.39, 0.29) is 34.2 Å². The van der Waals surface area contributed by atoms with Crippen LogP contribution in [0.15, 0.2) is 109 Å². The highest BCUT2D eigenvalue weighted by atomic mass is 32.2. The van der Waals surface area contributed by atoms with E-state index in [2.05, 4.69) is 34.9 Å². The lowest BCUT2D eigenvalue weighted by Gasteiger charge is -2.06. The SMILES string of the molecule is CC(=O)SCC(=O)c1ccc(NC(=O)CCCc2ccccc2)cc1.CC(=O)c1ccc(NC(=O)CCCc2ccccc2)cc1. The molecule has 0 aromatic heterocycles. The molecule has 238 valence electrons. The summed E-state index contributed by atoms with van der Waals surface area (Å²) in [6, 6.07) is 33.9. The molecule has 0 unspecified atom stereocenters. The third kappa shape index (κ3) is 13.9. The number of aryl methyl sites for hydroxylation is 2. The maximum absolute atomic E-state index is 12.0. The summed E-state index contributed by atoms with van der Waals surface area (Å²) in [6.45, 7) is 2.96. The molecule has 4 aromatic carbocycles. The minimum atomic E-state index is -0.0964. The number of amides is 2. The first-order valence-corrected chi connectivity index (χ1v) is 16.2. The van der Waals surface area contributed by atoms with Gasteiger partial charge in [0.15, 0.2) is 16.7 Å². The van der Waals surface area contributed by atoms with Crippen molar-refractivity contribution in [3.8, 4) is 0 Å². The van der Waals surface area contributed by atoms with E-state index in [4.69, 9.17) is 0 Å². The molecule has 46 heavy (non-hydrogen) atoms. The number of carbonyl (C=O) groups is 5. The Morgan fingerprint density at radius 1 is 0.543 bits per heavy atom. The summed E-state index contributed by atoms with van der Waals surface area (Å²) in [7, 11) is 0. The highest BCUT2D eigenvalue weighted by Crippen LogP contribution is 2.14. The van der Waals surface area contributed by atoms with Gasteiger partial charge in [-0.1, -0.05) is 72.4 Å². The van der Waals surface area contributed by atoms with Crippen LogP contribution in [0.1, 0.15) is 71.4 Å². The largest absolute Gasteiger partial charge is 0.326 e. The van der Waals surface area contributed by atoms with Gasteiger partial charge in [0, 0.05) is 42.3 Å². The molecule has 0 radical (unpaired) electrons. The normalized spacial score (nSPS) is 10.2. The van der Waals surface area contributed by atoms with Crippen LogP contribution < -0.4 is 10.6 Å². The van der Waals surface area contributed by atoms with E-state index >= 15 is 0 Å². The number of rotatable bonds is 14. The second-order valence-electron chi connectivity index (χ2n) is 10.7. The summed E-state index contributed by atoms with van der Waals surface area (Å²) < 4.78 is 0. The zero-order valence-corrected chi connectivity index (χ0v) is 27.1. The summed E-state index contributed by atoms with van der Waals surface area (Å²) >= 11 is 0.998. The minimum absolute atomic E-state index is 0.00139. The fourth-order valence-corrected chi connectivity index (χ4v) is 4.92. The highest BCUT2D eigenvalue weighted by Gasteiger charge is 2.09. The maximum Gasteiger partial charge on any atom is 0.224 e. The van der Waals surface area contributed by atoms with Crippen LogP contribution in [-0.2, 0) is 27.2 Å². The topological polar surface area (TPSA) is 109 Å². The first-order valence-electron chi connectivity index (χ1n) is 15.2. The van der Waals surface area contributed by atoms with Gasteiger partial charge in [-0.3, -0.25) is 24.0 Å². The Morgan fingerprint density at radius 2 is 0.957 bits per heavy atom. The Bertz CT molecular complexity index is 1570. The Labute approximate surface area is 275 Å². The molecule has 0 saturated heterocycles. The van der Waals surface area contributed by atoms with Crippen molar-refractivity contribution in [3.05, 3.63) is 131 Å². The van der Waals surface area contributed by atoms with E-state index in [0.717, 1.165) is 43.1 Å². The zero-order chi connectivity index (χ0) is 33.1. The number of Topliss-reactive ketones (excluding diaryl/α,β-unsaturated/α-hetero) is 2. The molecule has 0 atom stereocenters. The molecule has 0 aliphatic rings. The van der Waals surface area contributed by atoms with Crippen molar-refractivity contribution in [1.82, 2.24) is 0 Å². The number of carbonyl (C=O) groups excluding carboxylic acids is 5. The summed E-state index contributed by atoms with van der Waals surface area (Å²) in [6.07, 6.45) is 4.32. The van der Waals surface area contributed by atoms with Crippen molar-refractivity contribution in [1.29, 1.82) is 0 Å². The van der Waals surface area contributed by atoms with E-state index in [0.29, 0.717) is 29.7 Å². The first-order chi connectivity index (χ1) is 22.2. The Kier molecular flexibility index (Phi) is 15.1. The Hall–Kier alpha value is -4.82. The number of thioether (sulfide) groups is 1. The van der Waals surface area contributed by atoms with Gasteiger partial charge < -0.3 is 10.6 Å². The molecule has 0 saturated carbocycles. The van der Waals surface area contributed by atoms with Crippen molar-refractivity contribution in [2.75, 3.05) is 16.4 Å². The third-order valence-electron chi connectivity index (χ3n) is 6.90. The van der Waals surface area contributed by atoms with Gasteiger partial charge >= 0.3 is 0 Å². The smallest absolute Gasteiger partial charge is 0.224 e. The fourth-order valence-electron chi connectivity index (χ4n) is 4.42. The van der Waals surface area contributed by atoms with Gasteiger partial charge in [-0.15, -0.1) is 0 Å². The summed E-state index contributed by atoms with van der Waals surface area (Å²) in [5.74, 6) is 0.0286. The molecule has 0 bridgehead atoms. The molecule has 4 rings (SSSR count). The van der Waals surface area contributed by atoms with E-state index in [1.165, 1.54) is 25.0 Å². The molecule has 0 aliphatic carbocycles. The van der Waals surface area contributed by atoms with Gasteiger partial charge in [0.05, 0.1) is 5.75 Å². The van der Waals surface area contributed by atoms with E-state index in [1.54, 1.807) is 48.5 Å². The van der Waals surface area contributed by atoms with Crippen molar-refractivity contribution < 1.29 is 24.0 Å². The number of hydrogen-bond acceptors (Lipinski definition) is 6. The van der Waals surface area contributed by atoms with Crippen LogP contribution in [0.5, 0.6) is 0 Å². The number of hydrogen-bond donors (Lipinski definition) is 2. The second-order valence-corrected chi connectivity index (χ2v) is 11.8. The van der Waals surface area contributed by atoms with Gasteiger partial charge in [-0.25, -0.2) is 0 Å². The quantitative estimate of drug-likeness (QED) is 0.136. The van der Waals surface area contributed by atoms with E-state index in [9.17, 15) is 24.0 Å². The maximum atomic E-state index is 12.0. The van der Waals surface area contributed by atoms with Crippen molar-refractivity contribution in [2.24, 2.45) is 0 Å². The number of nitrogens with one attached hydrogen (secondary N) is 2. The minimum Gasteiger partial charge on any atom is -0.326 e. The lowest BCUT2D eigenvalue weighted by atomic mass is 10.1. The third-order valence-corrected chi connectivity index (χ3v) is 7.71. The molecular weight excluding hydrogens is 596 g/mol. The fraction of sp³-hybridized carbons (Fsp3) is 0.237. The van der Waals surface area contributed by atoms with E-state index in [1.807, 2.05) is 36.4 Å². The number of ketones is 2. The first kappa shape index (κ1) is 35.7. The van der Waals surface area contributed by atoms with Gasteiger partial charge in [0.2, 0.25) is 11.8 Å². The second kappa shape index (κ2) is 19.5. The highest BCUT2D eigenvalue weighted by molar-refractivity contribution is 8.14. The van der Waals surface area contributed by atoms with Gasteiger partial charge in [0.1, 0.15) is 0 Å². The lowest BCUT2D eigenvalue weighted by molar-refractivity contribution is -0.117. The average molecular weight is 637 g/mol. The molecule has 0 fully saturated rings. The zero-order valence-electron chi connectivity index (χ0n) is 26.3. The van der Waals surface area contributed by atoms with Crippen LogP contribution >= 0.6 is 11.8 Å². The van der Waals surface area contributed by atoms with Crippen LogP contribution in [-0.4, -0.2) is 34.2 Å². The predicted molar refractivity (Wildman–Crippen MR) is 186 cm³/mol. The standard InChI is InChI=1S/C20H21NO3S.C18H19NO2/c1-15(22)25-14-19(23)17-10-12-18(13-11-17)21-20(24)9-5-8-16-6-3-2-4-7-16;1-14(20)16-10-12-17(13-11-16)19-18(21)9-5-8-15-6-3-2-4-7-15/h2-4,6-7,10-13H,5,8-9,14H2,1H3,(H,21,24);2-4,6-7,10-13H,5,8-9H2,1H3,(H,19,21). The van der Waals surface area contributed by atoms with Crippen LogP contribution in [0.25, 0.3) is 0 Å². The molecular formula is C38H40N2O5S. The molecule has 4 aromatic rings. The number of benzene rings is 4. The Balaban J connectivity index is 0.000000254.